The number of amides is 2. The van der Waals surface area contributed by atoms with Crippen LogP contribution in [0.4, 0.5) is 0 Å². The van der Waals surface area contributed by atoms with Crippen molar-refractivity contribution in [2.75, 3.05) is 6.54 Å². The Labute approximate surface area is 112 Å². The topological polar surface area (TPSA) is 92.4 Å². The molecule has 1 aromatic rings. The van der Waals surface area contributed by atoms with Crippen molar-refractivity contribution >= 4 is 55.0 Å². The van der Waals surface area contributed by atoms with Gasteiger partial charge in [-0.3, -0.25) is 9.59 Å². The highest BCUT2D eigenvalue weighted by Gasteiger charge is 2.15. The number of aliphatic hydroxyl groups excluding tert-OH is 1. The molecule has 2 amide bonds. The van der Waals surface area contributed by atoms with Gasteiger partial charge in [0, 0.05) is 4.47 Å². The third kappa shape index (κ3) is 3.55. The zero-order valence-electron chi connectivity index (χ0n) is 7.87. The van der Waals surface area contributed by atoms with Crippen LogP contribution in [-0.2, 0) is 4.79 Å². The van der Waals surface area contributed by atoms with E-state index in [0.717, 1.165) is 8.26 Å². The standard InChI is InChI=1S/C8H8Br2N2O3S/c9-3-1-5(16-6(3)10)8(15)12-2-4(13)7(11)14/h1,4,13H,2H2,(H2,11,14)(H,12,15). The maximum Gasteiger partial charge on any atom is 0.261 e. The first-order valence-electron chi connectivity index (χ1n) is 4.12. The zero-order valence-corrected chi connectivity index (χ0v) is 11.9. The molecule has 16 heavy (non-hydrogen) atoms. The minimum absolute atomic E-state index is 0.193. The van der Waals surface area contributed by atoms with E-state index in [9.17, 15) is 9.59 Å². The minimum atomic E-state index is -1.37. The molecule has 4 N–H and O–H groups in total. The van der Waals surface area contributed by atoms with E-state index in [2.05, 4.69) is 37.2 Å². The van der Waals surface area contributed by atoms with Crippen molar-refractivity contribution in [2.45, 2.75) is 6.10 Å². The fourth-order valence-electron chi connectivity index (χ4n) is 0.836. The molecule has 1 heterocycles. The summed E-state index contributed by atoms with van der Waals surface area (Å²) in [7, 11) is 0. The predicted octanol–water partition coefficient (Wildman–Crippen LogP) is 0.849. The van der Waals surface area contributed by atoms with Gasteiger partial charge in [0.25, 0.3) is 5.91 Å². The Morgan fingerprint density at radius 2 is 2.19 bits per heavy atom. The number of carbonyl (C=O) groups excluding carboxylic acids is 2. The fourth-order valence-corrected chi connectivity index (χ4v) is 2.79. The van der Waals surface area contributed by atoms with Crippen LogP contribution in [0.3, 0.4) is 0 Å². The summed E-state index contributed by atoms with van der Waals surface area (Å²) in [6, 6.07) is 1.64. The number of hydrogen-bond donors (Lipinski definition) is 3. The molecule has 1 atom stereocenters. The number of primary amides is 1. The number of carbonyl (C=O) groups is 2. The molecule has 0 bridgehead atoms. The Morgan fingerprint density at radius 3 is 2.62 bits per heavy atom. The number of nitrogens with one attached hydrogen (secondary N) is 1. The van der Waals surface area contributed by atoms with Gasteiger partial charge in [-0.1, -0.05) is 0 Å². The Bertz CT molecular complexity index is 402. The van der Waals surface area contributed by atoms with Crippen LogP contribution in [0.1, 0.15) is 9.67 Å². The Morgan fingerprint density at radius 1 is 1.56 bits per heavy atom. The van der Waals surface area contributed by atoms with Crippen LogP contribution >= 0.6 is 43.2 Å². The number of aliphatic hydroxyl groups is 1. The lowest BCUT2D eigenvalue weighted by molar-refractivity contribution is -0.125. The molecular formula is C8H8Br2N2O3S. The molecule has 0 radical (unpaired) electrons. The molecule has 1 rings (SSSR count). The summed E-state index contributed by atoms with van der Waals surface area (Å²) in [5, 5.41) is 11.5. The lowest BCUT2D eigenvalue weighted by Gasteiger charge is -2.06. The highest BCUT2D eigenvalue weighted by Crippen LogP contribution is 2.32. The third-order valence-corrected chi connectivity index (χ3v) is 4.91. The van der Waals surface area contributed by atoms with Crippen LogP contribution in [0.5, 0.6) is 0 Å². The Kier molecular flexibility index (Phi) is 4.90. The van der Waals surface area contributed by atoms with Gasteiger partial charge in [0.2, 0.25) is 5.91 Å². The van der Waals surface area contributed by atoms with Crippen LogP contribution in [0.25, 0.3) is 0 Å². The van der Waals surface area contributed by atoms with Gasteiger partial charge in [0.05, 0.1) is 15.2 Å². The van der Waals surface area contributed by atoms with Gasteiger partial charge >= 0.3 is 0 Å². The SMILES string of the molecule is NC(=O)C(O)CNC(=O)c1cc(Br)c(Br)s1. The molecule has 88 valence electrons. The van der Waals surface area contributed by atoms with Gasteiger partial charge in [-0.25, -0.2) is 0 Å². The molecule has 5 nitrogen and oxygen atoms in total. The lowest BCUT2D eigenvalue weighted by Crippen LogP contribution is -2.39. The second-order valence-corrected chi connectivity index (χ2v) is 6.08. The quantitative estimate of drug-likeness (QED) is 0.732. The van der Waals surface area contributed by atoms with Gasteiger partial charge in [0.1, 0.15) is 6.10 Å². The van der Waals surface area contributed by atoms with Crippen molar-refractivity contribution in [1.29, 1.82) is 0 Å². The van der Waals surface area contributed by atoms with E-state index in [1.54, 1.807) is 6.07 Å². The molecule has 8 heteroatoms. The molecule has 0 saturated heterocycles. The average Bonchev–Trinajstić information content (AvgIpc) is 2.55. The molecule has 0 saturated carbocycles. The summed E-state index contributed by atoms with van der Waals surface area (Å²) < 4.78 is 1.58. The summed E-state index contributed by atoms with van der Waals surface area (Å²) in [4.78, 5) is 22.5. The highest BCUT2D eigenvalue weighted by atomic mass is 79.9. The highest BCUT2D eigenvalue weighted by molar-refractivity contribution is 9.13. The van der Waals surface area contributed by atoms with E-state index in [-0.39, 0.29) is 12.5 Å². The van der Waals surface area contributed by atoms with Crippen LogP contribution in [-0.4, -0.2) is 29.6 Å². The summed E-state index contributed by atoms with van der Waals surface area (Å²) in [5.41, 5.74) is 4.84. The first-order chi connectivity index (χ1) is 7.41. The van der Waals surface area contributed by atoms with E-state index >= 15 is 0 Å². The number of halogens is 2. The number of thiophene rings is 1. The maximum atomic E-state index is 11.5. The smallest absolute Gasteiger partial charge is 0.261 e. The summed E-state index contributed by atoms with van der Waals surface area (Å²) in [6.07, 6.45) is -1.37. The molecule has 0 aliphatic rings. The van der Waals surface area contributed by atoms with Crippen LogP contribution in [0.15, 0.2) is 14.3 Å². The molecule has 1 unspecified atom stereocenters. The molecule has 0 fully saturated rings. The molecular weight excluding hydrogens is 364 g/mol. The number of hydrogen-bond acceptors (Lipinski definition) is 4. The van der Waals surface area contributed by atoms with Crippen molar-refractivity contribution in [3.8, 4) is 0 Å². The molecule has 0 aliphatic carbocycles. The van der Waals surface area contributed by atoms with Gasteiger partial charge in [0.15, 0.2) is 0 Å². The Hall–Kier alpha value is -0.440. The summed E-state index contributed by atoms with van der Waals surface area (Å²) in [6.45, 7) is -0.193. The van der Waals surface area contributed by atoms with Crippen molar-refractivity contribution in [2.24, 2.45) is 5.73 Å². The Balaban J connectivity index is 2.56. The number of rotatable bonds is 4. The van der Waals surface area contributed by atoms with Crippen molar-refractivity contribution in [3.05, 3.63) is 19.2 Å². The van der Waals surface area contributed by atoms with Crippen LogP contribution < -0.4 is 11.1 Å². The van der Waals surface area contributed by atoms with Crippen molar-refractivity contribution in [1.82, 2.24) is 5.32 Å². The largest absolute Gasteiger partial charge is 0.381 e. The van der Waals surface area contributed by atoms with Gasteiger partial charge in [-0.15, -0.1) is 11.3 Å². The second kappa shape index (κ2) is 5.76. The maximum absolute atomic E-state index is 11.5. The summed E-state index contributed by atoms with van der Waals surface area (Å²) >= 11 is 7.75. The molecule has 0 spiro atoms. The first-order valence-corrected chi connectivity index (χ1v) is 6.52. The van der Waals surface area contributed by atoms with E-state index in [1.807, 2.05) is 0 Å². The van der Waals surface area contributed by atoms with E-state index in [4.69, 9.17) is 10.8 Å². The van der Waals surface area contributed by atoms with Gasteiger partial charge in [-0.05, 0) is 37.9 Å². The van der Waals surface area contributed by atoms with E-state index in [0.29, 0.717) is 4.88 Å². The van der Waals surface area contributed by atoms with Crippen molar-refractivity contribution in [3.63, 3.8) is 0 Å². The monoisotopic (exact) mass is 370 g/mol. The van der Waals surface area contributed by atoms with E-state index in [1.165, 1.54) is 11.3 Å². The van der Waals surface area contributed by atoms with E-state index < -0.39 is 12.0 Å². The van der Waals surface area contributed by atoms with Crippen LogP contribution in [0.2, 0.25) is 0 Å². The summed E-state index contributed by atoms with van der Waals surface area (Å²) in [5.74, 6) is -1.23. The fraction of sp³-hybridized carbons (Fsp3) is 0.250. The third-order valence-electron chi connectivity index (χ3n) is 1.65. The minimum Gasteiger partial charge on any atom is -0.381 e. The predicted molar refractivity (Wildman–Crippen MR) is 67.3 cm³/mol. The number of nitrogens with two attached hydrogens (primary N) is 1. The van der Waals surface area contributed by atoms with Crippen molar-refractivity contribution < 1.29 is 14.7 Å². The second-order valence-electron chi connectivity index (χ2n) is 2.86. The normalized spacial score (nSPS) is 12.2. The van der Waals surface area contributed by atoms with Gasteiger partial charge in [-0.2, -0.15) is 0 Å². The zero-order chi connectivity index (χ0) is 12.3. The average molecular weight is 372 g/mol. The molecule has 1 aromatic heterocycles. The molecule has 0 aliphatic heterocycles. The first kappa shape index (κ1) is 13.6. The van der Waals surface area contributed by atoms with Crippen LogP contribution in [0, 0.1) is 0 Å². The van der Waals surface area contributed by atoms with Gasteiger partial charge < -0.3 is 16.2 Å². The molecule has 0 aromatic carbocycles. The lowest BCUT2D eigenvalue weighted by atomic mass is 10.3.